The third-order valence-corrected chi connectivity index (χ3v) is 5.48. The Balaban J connectivity index is 1.73. The third-order valence-electron chi connectivity index (χ3n) is 5.48. The van der Waals surface area contributed by atoms with Crippen molar-refractivity contribution in [2.45, 2.75) is 40.0 Å². The predicted molar refractivity (Wildman–Crippen MR) is 131 cm³/mol. The van der Waals surface area contributed by atoms with Crippen molar-refractivity contribution in [2.75, 3.05) is 17.2 Å². The summed E-state index contributed by atoms with van der Waals surface area (Å²) in [7, 11) is 0. The number of halogens is 1. The zero-order chi connectivity index (χ0) is 24.0. The van der Waals surface area contributed by atoms with Gasteiger partial charge in [0.25, 0.3) is 0 Å². The Morgan fingerprint density at radius 3 is 2.36 bits per heavy atom. The SMILES string of the molecule is CCC(=O)N(CC(C)C)c1ccc(-c2ccc(C(=O)CCc3cccnc3N)cc2)cc1F. The maximum Gasteiger partial charge on any atom is 0.226 e. The number of rotatable bonds is 9. The smallest absolute Gasteiger partial charge is 0.226 e. The molecule has 0 saturated heterocycles. The molecule has 1 aromatic heterocycles. The highest BCUT2D eigenvalue weighted by atomic mass is 19.1. The van der Waals surface area contributed by atoms with E-state index in [4.69, 9.17) is 5.73 Å². The first kappa shape index (κ1) is 24.1. The van der Waals surface area contributed by atoms with Crippen LogP contribution in [0.25, 0.3) is 11.1 Å². The molecule has 3 rings (SSSR count). The first-order valence-electron chi connectivity index (χ1n) is 11.2. The molecule has 6 heteroatoms. The van der Waals surface area contributed by atoms with Crippen molar-refractivity contribution < 1.29 is 14.0 Å². The van der Waals surface area contributed by atoms with Gasteiger partial charge < -0.3 is 10.6 Å². The summed E-state index contributed by atoms with van der Waals surface area (Å²) >= 11 is 0. The Morgan fingerprint density at radius 2 is 1.76 bits per heavy atom. The maximum absolute atomic E-state index is 15.0. The van der Waals surface area contributed by atoms with Crippen LogP contribution < -0.4 is 10.6 Å². The lowest BCUT2D eigenvalue weighted by Gasteiger charge is -2.25. The molecule has 172 valence electrons. The van der Waals surface area contributed by atoms with Gasteiger partial charge in [-0.25, -0.2) is 9.37 Å². The molecular formula is C27H30FN3O2. The van der Waals surface area contributed by atoms with Gasteiger partial charge in [-0.1, -0.05) is 57.2 Å². The zero-order valence-electron chi connectivity index (χ0n) is 19.3. The summed E-state index contributed by atoms with van der Waals surface area (Å²) in [6, 6.07) is 15.7. The molecule has 1 heterocycles. The summed E-state index contributed by atoms with van der Waals surface area (Å²) < 4.78 is 15.0. The maximum atomic E-state index is 15.0. The molecule has 0 aliphatic rings. The minimum atomic E-state index is -0.441. The van der Waals surface area contributed by atoms with Crippen molar-refractivity contribution in [1.82, 2.24) is 4.98 Å². The van der Waals surface area contributed by atoms with Crippen LogP contribution in [0.3, 0.4) is 0 Å². The molecule has 5 nitrogen and oxygen atoms in total. The molecule has 3 aromatic rings. The molecule has 0 atom stereocenters. The van der Waals surface area contributed by atoms with E-state index in [9.17, 15) is 14.0 Å². The molecule has 2 aromatic carbocycles. The molecule has 0 bridgehead atoms. The topological polar surface area (TPSA) is 76.3 Å². The van der Waals surface area contributed by atoms with Gasteiger partial charge in [0, 0.05) is 31.1 Å². The zero-order valence-corrected chi connectivity index (χ0v) is 19.3. The molecule has 0 saturated carbocycles. The fourth-order valence-corrected chi connectivity index (χ4v) is 3.70. The Kier molecular flexibility index (Phi) is 7.93. The van der Waals surface area contributed by atoms with Crippen LogP contribution in [-0.2, 0) is 11.2 Å². The lowest BCUT2D eigenvalue weighted by molar-refractivity contribution is -0.118. The van der Waals surface area contributed by atoms with E-state index in [1.807, 2.05) is 32.0 Å². The van der Waals surface area contributed by atoms with Crippen LogP contribution in [0.2, 0.25) is 0 Å². The van der Waals surface area contributed by atoms with Gasteiger partial charge in [0.2, 0.25) is 5.91 Å². The third kappa shape index (κ3) is 6.04. The summed E-state index contributed by atoms with van der Waals surface area (Å²) in [5.74, 6) is 0.127. The van der Waals surface area contributed by atoms with Crippen LogP contribution in [0.15, 0.2) is 60.8 Å². The highest BCUT2D eigenvalue weighted by Crippen LogP contribution is 2.28. The van der Waals surface area contributed by atoms with Crippen molar-refractivity contribution in [3.8, 4) is 11.1 Å². The highest BCUT2D eigenvalue weighted by Gasteiger charge is 2.19. The van der Waals surface area contributed by atoms with Crippen molar-refractivity contribution in [3.63, 3.8) is 0 Å². The first-order valence-corrected chi connectivity index (χ1v) is 11.2. The minimum Gasteiger partial charge on any atom is -0.383 e. The lowest BCUT2D eigenvalue weighted by atomic mass is 9.99. The van der Waals surface area contributed by atoms with E-state index < -0.39 is 5.82 Å². The van der Waals surface area contributed by atoms with Gasteiger partial charge >= 0.3 is 0 Å². The molecule has 0 radical (unpaired) electrons. The quantitative estimate of drug-likeness (QED) is 0.428. The van der Waals surface area contributed by atoms with Crippen LogP contribution in [0.1, 0.15) is 49.5 Å². The van der Waals surface area contributed by atoms with Crippen LogP contribution in [0.5, 0.6) is 0 Å². The number of carbonyl (C=O) groups excluding carboxylic acids is 2. The Labute approximate surface area is 194 Å². The number of aryl methyl sites for hydroxylation is 1. The number of aromatic nitrogens is 1. The summed E-state index contributed by atoms with van der Waals surface area (Å²) in [5.41, 5.74) is 9.07. The Hall–Kier alpha value is -3.54. The molecular weight excluding hydrogens is 417 g/mol. The molecule has 0 aliphatic carbocycles. The number of carbonyl (C=O) groups is 2. The number of nitrogen functional groups attached to an aromatic ring is 1. The number of ketones is 1. The number of pyridine rings is 1. The van der Waals surface area contributed by atoms with Crippen molar-refractivity contribution >= 4 is 23.2 Å². The summed E-state index contributed by atoms with van der Waals surface area (Å²) in [6.07, 6.45) is 2.79. The van der Waals surface area contributed by atoms with Crippen LogP contribution in [0.4, 0.5) is 15.9 Å². The van der Waals surface area contributed by atoms with Crippen molar-refractivity contribution in [2.24, 2.45) is 5.92 Å². The molecule has 33 heavy (non-hydrogen) atoms. The minimum absolute atomic E-state index is 0.00809. The number of Topliss-reactive ketones (excluding diaryl/α,β-unsaturated/α-hetero) is 1. The van der Waals surface area contributed by atoms with Gasteiger partial charge in [-0.2, -0.15) is 0 Å². The van der Waals surface area contributed by atoms with E-state index in [1.54, 1.807) is 43.5 Å². The van der Waals surface area contributed by atoms with Gasteiger partial charge in [-0.3, -0.25) is 9.59 Å². The fraction of sp³-hybridized carbons (Fsp3) is 0.296. The molecule has 0 spiro atoms. The monoisotopic (exact) mass is 447 g/mol. The number of hydrogen-bond acceptors (Lipinski definition) is 4. The van der Waals surface area contributed by atoms with E-state index in [0.717, 1.165) is 11.1 Å². The normalized spacial score (nSPS) is 10.9. The average molecular weight is 448 g/mol. The van der Waals surface area contributed by atoms with Gasteiger partial charge in [-0.15, -0.1) is 0 Å². The van der Waals surface area contributed by atoms with Crippen molar-refractivity contribution in [1.29, 1.82) is 0 Å². The van der Waals surface area contributed by atoms with E-state index in [-0.39, 0.29) is 17.6 Å². The number of nitrogens with zero attached hydrogens (tertiary/aromatic N) is 2. The van der Waals surface area contributed by atoms with Gasteiger partial charge in [0.1, 0.15) is 11.6 Å². The predicted octanol–water partition coefficient (Wildman–Crippen LogP) is 5.68. The lowest BCUT2D eigenvalue weighted by Crippen LogP contribution is -2.34. The molecule has 0 fully saturated rings. The van der Waals surface area contributed by atoms with E-state index in [1.165, 1.54) is 11.0 Å². The summed E-state index contributed by atoms with van der Waals surface area (Å²) in [6.45, 7) is 6.23. The molecule has 0 aliphatic heterocycles. The van der Waals surface area contributed by atoms with Gasteiger partial charge in [0.15, 0.2) is 5.78 Å². The number of hydrogen-bond donors (Lipinski definition) is 1. The molecule has 1 amide bonds. The van der Waals surface area contributed by atoms with Crippen molar-refractivity contribution in [3.05, 3.63) is 77.7 Å². The van der Waals surface area contributed by atoms with Gasteiger partial charge in [-0.05, 0) is 47.2 Å². The summed E-state index contributed by atoms with van der Waals surface area (Å²) in [4.78, 5) is 30.5. The van der Waals surface area contributed by atoms with E-state index in [0.29, 0.717) is 48.4 Å². The first-order chi connectivity index (χ1) is 15.8. The highest BCUT2D eigenvalue weighted by molar-refractivity contribution is 5.97. The molecule has 2 N–H and O–H groups in total. The number of benzene rings is 2. The number of nitrogens with two attached hydrogens (primary N) is 1. The number of amides is 1. The summed E-state index contributed by atoms with van der Waals surface area (Å²) in [5, 5.41) is 0. The average Bonchev–Trinajstić information content (AvgIpc) is 2.81. The van der Waals surface area contributed by atoms with E-state index >= 15 is 0 Å². The second kappa shape index (κ2) is 10.9. The largest absolute Gasteiger partial charge is 0.383 e. The Morgan fingerprint density at radius 1 is 1.06 bits per heavy atom. The number of anilines is 2. The van der Waals surface area contributed by atoms with Crippen LogP contribution in [0, 0.1) is 11.7 Å². The Bertz CT molecular complexity index is 1130. The second-order valence-electron chi connectivity index (χ2n) is 8.47. The van der Waals surface area contributed by atoms with Gasteiger partial charge in [0.05, 0.1) is 5.69 Å². The fourth-order valence-electron chi connectivity index (χ4n) is 3.70. The van der Waals surface area contributed by atoms with E-state index in [2.05, 4.69) is 4.98 Å². The molecule has 0 unspecified atom stereocenters. The van der Waals surface area contributed by atoms with Crippen LogP contribution in [-0.4, -0.2) is 23.2 Å². The van der Waals surface area contributed by atoms with Crippen LogP contribution >= 0.6 is 0 Å². The standard InChI is InChI=1S/C27H30FN3O2/c1-4-26(33)31(17-18(2)3)24-13-11-22(16-23(24)28)19-7-9-20(10-8-19)25(32)14-12-21-6-5-15-30-27(21)29/h5-11,13,15-16,18H,4,12,14,17H2,1-3H3,(H2,29,30). The second-order valence-corrected chi connectivity index (χ2v) is 8.47.